The van der Waals surface area contributed by atoms with Crippen LogP contribution in [-0.4, -0.2) is 69.7 Å². The summed E-state index contributed by atoms with van der Waals surface area (Å²) in [6.07, 6.45) is 0. The number of amides is 3. The maximum atomic E-state index is 13.2. The lowest BCUT2D eigenvalue weighted by Crippen LogP contribution is -2.55. The minimum Gasteiger partial charge on any atom is -0.353 e. The van der Waals surface area contributed by atoms with E-state index in [9.17, 15) is 14.4 Å². The summed E-state index contributed by atoms with van der Waals surface area (Å²) < 4.78 is 0. The number of rotatable bonds is 5. The Balaban J connectivity index is 1.24. The van der Waals surface area contributed by atoms with Crippen molar-refractivity contribution in [2.75, 3.05) is 36.4 Å². The highest BCUT2D eigenvalue weighted by atomic mass is 16.2. The van der Waals surface area contributed by atoms with Crippen LogP contribution in [0.2, 0.25) is 0 Å². The van der Waals surface area contributed by atoms with Crippen LogP contribution >= 0.6 is 0 Å². The molecule has 3 aromatic rings. The number of anilines is 3. The van der Waals surface area contributed by atoms with Crippen LogP contribution in [0.4, 0.5) is 17.3 Å². The Labute approximate surface area is 209 Å². The number of nitrogens with one attached hydrogen (secondary N) is 1. The smallest absolute Gasteiger partial charge is 0.262 e. The van der Waals surface area contributed by atoms with Gasteiger partial charge in [0.15, 0.2) is 0 Å². The van der Waals surface area contributed by atoms with Crippen molar-refractivity contribution in [3.05, 3.63) is 77.1 Å². The molecule has 3 amide bonds. The summed E-state index contributed by atoms with van der Waals surface area (Å²) in [7, 11) is 0. The molecular weight excluding hydrogens is 456 g/mol. The van der Waals surface area contributed by atoms with Gasteiger partial charge in [0.05, 0.1) is 11.1 Å². The van der Waals surface area contributed by atoms with Gasteiger partial charge in [0, 0.05) is 37.9 Å². The third kappa shape index (κ3) is 4.39. The molecule has 1 N–H and O–H groups in total. The Bertz CT molecular complexity index is 1300. The van der Waals surface area contributed by atoms with Crippen LogP contribution in [-0.2, 0) is 4.79 Å². The summed E-state index contributed by atoms with van der Waals surface area (Å²) in [6.45, 7) is 7.62. The maximum Gasteiger partial charge on any atom is 0.262 e. The van der Waals surface area contributed by atoms with E-state index in [2.05, 4.69) is 20.2 Å². The highest BCUT2D eigenvalue weighted by Crippen LogP contribution is 2.26. The van der Waals surface area contributed by atoms with Crippen molar-refractivity contribution in [2.24, 2.45) is 0 Å². The van der Waals surface area contributed by atoms with Crippen molar-refractivity contribution in [3.63, 3.8) is 0 Å². The Morgan fingerprint density at radius 2 is 1.50 bits per heavy atom. The molecule has 2 aliphatic rings. The lowest BCUT2D eigenvalue weighted by molar-refractivity contribution is -0.135. The number of fused-ring (bicyclic) bond motifs is 1. The van der Waals surface area contributed by atoms with Gasteiger partial charge in [-0.25, -0.2) is 9.97 Å². The second-order valence-corrected chi connectivity index (χ2v) is 9.16. The van der Waals surface area contributed by atoms with Gasteiger partial charge >= 0.3 is 0 Å². The first-order chi connectivity index (χ1) is 17.3. The zero-order valence-electron chi connectivity index (χ0n) is 20.6. The lowest BCUT2D eigenvalue weighted by atomic mass is 10.1. The zero-order valence-corrected chi connectivity index (χ0v) is 20.6. The van der Waals surface area contributed by atoms with Crippen LogP contribution in [0.3, 0.4) is 0 Å². The summed E-state index contributed by atoms with van der Waals surface area (Å²) in [5, 5.41) is 3.33. The number of carbonyl (C=O) groups is 3. The van der Waals surface area contributed by atoms with Gasteiger partial charge in [0.25, 0.3) is 11.8 Å². The van der Waals surface area contributed by atoms with Crippen LogP contribution < -0.4 is 10.2 Å². The van der Waals surface area contributed by atoms with E-state index < -0.39 is 17.9 Å². The first-order valence-electron chi connectivity index (χ1n) is 12.0. The SMILES string of the molecule is Cc1ccc(Nc2cc(N3CCN(C(=O)C(C)N4C(=O)c5ccccc5C4=O)CC3)nc(C)n2)cc1. The Morgan fingerprint density at radius 1 is 0.889 bits per heavy atom. The van der Waals surface area contributed by atoms with Crippen molar-refractivity contribution in [1.29, 1.82) is 0 Å². The van der Waals surface area contributed by atoms with E-state index >= 15 is 0 Å². The molecule has 2 aromatic carbocycles. The number of benzene rings is 2. The summed E-state index contributed by atoms with van der Waals surface area (Å²) in [5.74, 6) is 1.08. The fourth-order valence-electron chi connectivity index (χ4n) is 4.65. The number of imide groups is 1. The largest absolute Gasteiger partial charge is 0.353 e. The average Bonchev–Trinajstić information content (AvgIpc) is 3.14. The van der Waals surface area contributed by atoms with Crippen LogP contribution in [0.1, 0.15) is 39.0 Å². The van der Waals surface area contributed by atoms with E-state index in [1.165, 1.54) is 5.56 Å². The van der Waals surface area contributed by atoms with Crippen molar-refractivity contribution >= 4 is 35.0 Å². The predicted molar refractivity (Wildman–Crippen MR) is 136 cm³/mol. The molecule has 3 heterocycles. The number of nitrogens with zero attached hydrogens (tertiary/aromatic N) is 5. The number of hydrogen-bond donors (Lipinski definition) is 1. The average molecular weight is 485 g/mol. The highest BCUT2D eigenvalue weighted by molar-refractivity contribution is 6.22. The molecule has 9 nitrogen and oxygen atoms in total. The lowest BCUT2D eigenvalue weighted by Gasteiger charge is -2.37. The highest BCUT2D eigenvalue weighted by Gasteiger charge is 2.42. The van der Waals surface area contributed by atoms with Crippen molar-refractivity contribution in [1.82, 2.24) is 19.8 Å². The second-order valence-electron chi connectivity index (χ2n) is 9.16. The molecule has 36 heavy (non-hydrogen) atoms. The van der Waals surface area contributed by atoms with Gasteiger partial charge in [-0.2, -0.15) is 0 Å². The molecule has 0 radical (unpaired) electrons. The first kappa shape index (κ1) is 23.5. The quantitative estimate of drug-likeness (QED) is 0.556. The summed E-state index contributed by atoms with van der Waals surface area (Å²) in [5.41, 5.74) is 2.83. The third-order valence-corrected chi connectivity index (χ3v) is 6.63. The molecule has 1 atom stereocenters. The van der Waals surface area contributed by atoms with E-state index in [0.29, 0.717) is 48.9 Å². The van der Waals surface area contributed by atoms with Crippen molar-refractivity contribution in [2.45, 2.75) is 26.8 Å². The molecule has 2 aliphatic heterocycles. The van der Waals surface area contributed by atoms with E-state index in [0.717, 1.165) is 16.4 Å². The molecule has 0 saturated carbocycles. The summed E-state index contributed by atoms with van der Waals surface area (Å²) >= 11 is 0. The van der Waals surface area contributed by atoms with E-state index in [1.54, 1.807) is 36.1 Å². The minimum atomic E-state index is -0.865. The topological polar surface area (TPSA) is 98.7 Å². The van der Waals surface area contributed by atoms with Crippen LogP contribution in [0.5, 0.6) is 0 Å². The number of hydrogen-bond acceptors (Lipinski definition) is 7. The molecule has 1 fully saturated rings. The summed E-state index contributed by atoms with van der Waals surface area (Å²) in [6, 6.07) is 15.8. The second kappa shape index (κ2) is 9.41. The Hall–Kier alpha value is -4.27. The van der Waals surface area contributed by atoms with Crippen LogP contribution in [0.15, 0.2) is 54.6 Å². The van der Waals surface area contributed by atoms with Gasteiger partial charge in [-0.15, -0.1) is 0 Å². The van der Waals surface area contributed by atoms with Gasteiger partial charge in [0.2, 0.25) is 5.91 Å². The van der Waals surface area contributed by atoms with Crippen molar-refractivity contribution < 1.29 is 14.4 Å². The van der Waals surface area contributed by atoms with E-state index in [1.807, 2.05) is 44.2 Å². The maximum absolute atomic E-state index is 13.2. The molecule has 0 spiro atoms. The molecule has 1 saturated heterocycles. The third-order valence-electron chi connectivity index (χ3n) is 6.63. The molecule has 0 bridgehead atoms. The normalized spacial score (nSPS) is 16.2. The molecule has 5 rings (SSSR count). The van der Waals surface area contributed by atoms with Gasteiger partial charge in [-0.3, -0.25) is 19.3 Å². The molecule has 1 unspecified atom stereocenters. The Kier molecular flexibility index (Phi) is 6.13. The van der Waals surface area contributed by atoms with E-state index in [-0.39, 0.29) is 5.91 Å². The number of aryl methyl sites for hydroxylation is 2. The van der Waals surface area contributed by atoms with Gasteiger partial charge in [-0.1, -0.05) is 29.8 Å². The monoisotopic (exact) mass is 484 g/mol. The number of carbonyl (C=O) groups excluding carboxylic acids is 3. The first-order valence-corrected chi connectivity index (χ1v) is 12.0. The molecule has 1 aromatic heterocycles. The molecular formula is C27H28N6O3. The molecule has 184 valence electrons. The van der Waals surface area contributed by atoms with Crippen molar-refractivity contribution in [3.8, 4) is 0 Å². The fraction of sp³-hybridized carbons (Fsp3) is 0.296. The summed E-state index contributed by atoms with van der Waals surface area (Å²) in [4.78, 5) is 52.8. The number of aromatic nitrogens is 2. The molecule has 0 aliphatic carbocycles. The molecule has 9 heteroatoms. The fourth-order valence-corrected chi connectivity index (χ4v) is 4.65. The van der Waals surface area contributed by atoms with Gasteiger partial charge in [0.1, 0.15) is 23.5 Å². The standard InChI is InChI=1S/C27H28N6O3/c1-17-8-10-20(11-9-17)30-23-16-24(29-19(3)28-23)31-12-14-32(15-13-31)25(34)18(2)33-26(35)21-6-4-5-7-22(21)27(33)36/h4-11,16,18H,12-15H2,1-3H3,(H,28,29,30). The van der Waals surface area contributed by atoms with Crippen LogP contribution in [0.25, 0.3) is 0 Å². The predicted octanol–water partition coefficient (Wildman–Crippen LogP) is 3.17. The Morgan fingerprint density at radius 3 is 2.11 bits per heavy atom. The number of piperazine rings is 1. The van der Waals surface area contributed by atoms with Gasteiger partial charge in [-0.05, 0) is 45.0 Å². The van der Waals surface area contributed by atoms with Gasteiger partial charge < -0.3 is 15.1 Å². The minimum absolute atomic E-state index is 0.232. The van der Waals surface area contributed by atoms with E-state index in [4.69, 9.17) is 0 Å². The van der Waals surface area contributed by atoms with Crippen LogP contribution in [0, 0.1) is 13.8 Å². The zero-order chi connectivity index (χ0) is 25.4.